The molecule has 0 bridgehead atoms. The van der Waals surface area contributed by atoms with Gasteiger partial charge in [0.1, 0.15) is 23.2 Å². The van der Waals surface area contributed by atoms with Gasteiger partial charge in [0.05, 0.1) is 22.4 Å². The monoisotopic (exact) mass is 410 g/mol. The second-order valence-corrected chi connectivity index (χ2v) is 6.35. The molecule has 2 N–H and O–H groups in total. The van der Waals surface area contributed by atoms with E-state index in [1.54, 1.807) is 43.3 Å². The van der Waals surface area contributed by atoms with Gasteiger partial charge in [0.25, 0.3) is 5.56 Å². The molecule has 0 saturated carbocycles. The molecule has 0 atom stereocenters. The minimum Gasteiger partial charge on any atom is -0.494 e. The molecule has 0 aliphatic heterocycles. The average molecular weight is 411 g/mol. The van der Waals surface area contributed by atoms with Crippen LogP contribution in [-0.4, -0.2) is 22.7 Å². The lowest BCUT2D eigenvalue weighted by atomic mass is 10.1. The molecule has 0 amide bonds. The minimum atomic E-state index is -0.611. The second kappa shape index (κ2) is 8.09. The van der Waals surface area contributed by atoms with Gasteiger partial charge in [0, 0.05) is 10.8 Å². The average Bonchev–Trinajstić information content (AvgIpc) is 3.14. The predicted molar refractivity (Wildman–Crippen MR) is 107 cm³/mol. The van der Waals surface area contributed by atoms with Crippen LogP contribution < -0.4 is 16.0 Å². The second-order valence-electron chi connectivity index (χ2n) is 5.94. The summed E-state index contributed by atoms with van der Waals surface area (Å²) in [6, 6.07) is 9.86. The van der Waals surface area contributed by atoms with Crippen molar-refractivity contribution in [1.82, 2.24) is 4.98 Å². The molecule has 2 aromatic heterocycles. The summed E-state index contributed by atoms with van der Waals surface area (Å²) in [5.74, 6) is -0.330. The van der Waals surface area contributed by atoms with E-state index < -0.39 is 17.4 Å². The van der Waals surface area contributed by atoms with Crippen molar-refractivity contribution in [2.75, 3.05) is 6.61 Å². The first-order valence-electron chi connectivity index (χ1n) is 8.48. The highest BCUT2D eigenvalue weighted by Gasteiger charge is 2.14. The molecule has 2 heterocycles. The molecule has 0 spiro atoms. The van der Waals surface area contributed by atoms with Gasteiger partial charge in [0.2, 0.25) is 5.88 Å². The fraction of sp³-hybridized carbons (Fsp3) is 0.0952. The number of nitrogens with zero attached hydrogens (tertiary/aromatic N) is 1. The number of halogens is 1. The lowest BCUT2D eigenvalue weighted by Gasteiger charge is -2.05. The first-order valence-corrected chi connectivity index (χ1v) is 8.86. The minimum absolute atomic E-state index is 0.0859. The molecule has 0 aliphatic carbocycles. The van der Waals surface area contributed by atoms with E-state index in [2.05, 4.69) is 11.6 Å². The van der Waals surface area contributed by atoms with Gasteiger partial charge in [-0.1, -0.05) is 18.2 Å². The summed E-state index contributed by atoms with van der Waals surface area (Å²) in [5.41, 5.74) is 0.0610. The molecule has 0 fully saturated rings. The van der Waals surface area contributed by atoms with Gasteiger partial charge in [-0.2, -0.15) is 5.26 Å². The van der Waals surface area contributed by atoms with Gasteiger partial charge in [-0.3, -0.25) is 9.78 Å². The smallest absolute Gasteiger partial charge is 0.339 e. The molecule has 0 saturated heterocycles. The molecule has 8 heteroatoms. The first-order chi connectivity index (χ1) is 13.8. The number of carbonyl (C=O) groups excluding carboxylic acids is 1. The van der Waals surface area contributed by atoms with E-state index in [1.807, 2.05) is 0 Å². The Morgan fingerprint density at radius 1 is 1.41 bits per heavy atom. The number of aromatic hydroxyl groups is 1. The zero-order valence-electron chi connectivity index (χ0n) is 15.3. The van der Waals surface area contributed by atoms with Crippen molar-refractivity contribution >= 4 is 30.2 Å². The number of esters is 1. The van der Waals surface area contributed by atoms with Crippen LogP contribution in [0, 0.1) is 11.3 Å². The van der Waals surface area contributed by atoms with E-state index in [0.717, 1.165) is 0 Å². The molecular formula is C21H15ClN2O5. The molecule has 29 heavy (non-hydrogen) atoms. The molecule has 0 radical (unpaired) electrons. The third-order valence-corrected chi connectivity index (χ3v) is 4.44. The summed E-state index contributed by atoms with van der Waals surface area (Å²) in [6.45, 7) is 5.61. The van der Waals surface area contributed by atoms with Crippen LogP contribution in [0.25, 0.3) is 24.0 Å². The van der Waals surface area contributed by atoms with Crippen molar-refractivity contribution in [2.24, 2.45) is 0 Å². The number of benzene rings is 1. The number of pyridine rings is 1. The summed E-state index contributed by atoms with van der Waals surface area (Å²) in [6.07, 6.45) is 1.41. The van der Waals surface area contributed by atoms with Crippen molar-refractivity contribution < 1.29 is 19.1 Å². The summed E-state index contributed by atoms with van der Waals surface area (Å²) in [5, 5.41) is 19.2. The molecule has 0 aliphatic rings. The van der Waals surface area contributed by atoms with Gasteiger partial charge >= 0.3 is 5.97 Å². The van der Waals surface area contributed by atoms with Gasteiger partial charge in [0.15, 0.2) is 0 Å². The number of ether oxygens (including phenoxy) is 1. The Balaban J connectivity index is 2.06. The van der Waals surface area contributed by atoms with Crippen LogP contribution in [-0.2, 0) is 4.74 Å². The molecule has 3 aromatic rings. The Labute approximate surface area is 169 Å². The molecule has 3 rings (SSSR count). The Morgan fingerprint density at radius 3 is 2.86 bits per heavy atom. The number of aromatic amines is 1. The van der Waals surface area contributed by atoms with Crippen LogP contribution in [0.4, 0.5) is 0 Å². The number of hydrogen-bond donors (Lipinski definition) is 2. The van der Waals surface area contributed by atoms with E-state index in [4.69, 9.17) is 26.0 Å². The maximum Gasteiger partial charge on any atom is 0.339 e. The van der Waals surface area contributed by atoms with E-state index in [1.165, 1.54) is 6.08 Å². The quantitative estimate of drug-likeness (QED) is 0.637. The SMILES string of the molecule is C=c1c(C#N)c(O)[nH]c(=O)/c1=C/c1ccc(-c2ccc(Cl)c(C(=O)OCC)c2)o1. The highest BCUT2D eigenvalue weighted by Crippen LogP contribution is 2.27. The lowest BCUT2D eigenvalue weighted by Crippen LogP contribution is -2.41. The zero-order valence-corrected chi connectivity index (χ0v) is 16.0. The highest BCUT2D eigenvalue weighted by molar-refractivity contribution is 6.33. The maximum absolute atomic E-state index is 12.1. The van der Waals surface area contributed by atoms with Crippen molar-refractivity contribution in [1.29, 1.82) is 5.26 Å². The Kier molecular flexibility index (Phi) is 5.57. The van der Waals surface area contributed by atoms with Crippen LogP contribution in [0.2, 0.25) is 5.02 Å². The van der Waals surface area contributed by atoms with Gasteiger partial charge < -0.3 is 14.3 Å². The summed E-state index contributed by atoms with van der Waals surface area (Å²) < 4.78 is 10.7. The number of furan rings is 1. The van der Waals surface area contributed by atoms with Crippen LogP contribution in [0.1, 0.15) is 28.6 Å². The fourth-order valence-corrected chi connectivity index (χ4v) is 2.89. The molecule has 0 unspecified atom stereocenters. The molecule has 7 nitrogen and oxygen atoms in total. The maximum atomic E-state index is 12.1. The first kappa shape index (κ1) is 20.0. The highest BCUT2D eigenvalue weighted by atomic mass is 35.5. The van der Waals surface area contributed by atoms with Gasteiger partial charge in [-0.05, 0) is 43.3 Å². The molecule has 1 aromatic carbocycles. The number of hydrogen-bond acceptors (Lipinski definition) is 6. The van der Waals surface area contributed by atoms with E-state index in [-0.39, 0.29) is 33.2 Å². The van der Waals surface area contributed by atoms with Gasteiger partial charge in [-0.25, -0.2) is 4.79 Å². The third-order valence-electron chi connectivity index (χ3n) is 4.11. The fourth-order valence-electron chi connectivity index (χ4n) is 2.70. The van der Waals surface area contributed by atoms with Crippen LogP contribution in [0.5, 0.6) is 5.88 Å². The third kappa shape index (κ3) is 3.93. The van der Waals surface area contributed by atoms with Crippen molar-refractivity contribution in [2.45, 2.75) is 6.92 Å². The number of nitriles is 1. The topological polar surface area (TPSA) is 116 Å². The van der Waals surface area contributed by atoms with Crippen molar-refractivity contribution in [3.05, 3.63) is 73.0 Å². The van der Waals surface area contributed by atoms with Crippen molar-refractivity contribution in [3.8, 4) is 23.3 Å². The lowest BCUT2D eigenvalue weighted by molar-refractivity contribution is 0.0526. The largest absolute Gasteiger partial charge is 0.494 e. The summed E-state index contributed by atoms with van der Waals surface area (Å²) >= 11 is 6.07. The Morgan fingerprint density at radius 2 is 2.17 bits per heavy atom. The van der Waals surface area contributed by atoms with E-state index in [0.29, 0.717) is 17.1 Å². The number of aromatic nitrogens is 1. The number of nitrogens with one attached hydrogen (secondary N) is 1. The van der Waals surface area contributed by atoms with Gasteiger partial charge in [-0.15, -0.1) is 0 Å². The Hall–Kier alpha value is -3.76. The number of H-pyrrole nitrogens is 1. The molecular weight excluding hydrogens is 396 g/mol. The summed E-state index contributed by atoms with van der Waals surface area (Å²) in [4.78, 5) is 26.3. The van der Waals surface area contributed by atoms with E-state index in [9.17, 15) is 14.7 Å². The van der Waals surface area contributed by atoms with Crippen LogP contribution >= 0.6 is 11.6 Å². The number of rotatable bonds is 4. The van der Waals surface area contributed by atoms with Crippen LogP contribution in [0.3, 0.4) is 0 Å². The summed E-state index contributed by atoms with van der Waals surface area (Å²) in [7, 11) is 0. The van der Waals surface area contributed by atoms with Crippen molar-refractivity contribution in [3.63, 3.8) is 0 Å². The number of carbonyl (C=O) groups is 1. The zero-order chi connectivity index (χ0) is 21.1. The van der Waals surface area contributed by atoms with E-state index >= 15 is 0 Å². The standard InChI is InChI=1S/C21H15ClN2O5/c1-3-28-21(27)15-8-12(4-6-17(15)22)18-7-5-13(29-18)9-14-11(2)16(10-23)20(26)24-19(14)25/h4-9,26H,2-3H2,1H3,(H,24,25)/b14-9+. The normalized spacial score (nSPS) is 11.3. The predicted octanol–water partition coefficient (Wildman–Crippen LogP) is 2.28. The van der Waals surface area contributed by atoms with Crippen LogP contribution in [0.15, 0.2) is 39.5 Å². The molecule has 146 valence electrons. The Bertz CT molecular complexity index is 1310.